The Bertz CT molecular complexity index is 862. The van der Waals surface area contributed by atoms with Crippen LogP contribution in [0.15, 0.2) is 48.6 Å². The number of amides is 1. The first-order chi connectivity index (χ1) is 26.7. The molecular weight excluding hydrogens is 663 g/mol. The first kappa shape index (κ1) is 52.3. The lowest BCUT2D eigenvalue weighted by Gasteiger charge is -2.22. The van der Waals surface area contributed by atoms with Gasteiger partial charge < -0.3 is 15.5 Å². The maximum absolute atomic E-state index is 12.3. The van der Waals surface area contributed by atoms with Gasteiger partial charge in [-0.15, -0.1) is 0 Å². The largest absolute Gasteiger partial charge is 0.394 e. The zero-order valence-corrected chi connectivity index (χ0v) is 36.2. The molecule has 2 unspecified atom stereocenters. The smallest absolute Gasteiger partial charge is 0.220 e. The quantitative estimate of drug-likeness (QED) is 0.0429. The van der Waals surface area contributed by atoms with Crippen LogP contribution in [0.3, 0.4) is 0 Å². The zero-order valence-electron chi connectivity index (χ0n) is 36.2. The van der Waals surface area contributed by atoms with Crippen molar-refractivity contribution in [3.63, 3.8) is 0 Å². The third kappa shape index (κ3) is 41.5. The Morgan fingerprint density at radius 2 is 0.815 bits per heavy atom. The van der Waals surface area contributed by atoms with E-state index in [1.807, 2.05) is 0 Å². The molecule has 54 heavy (non-hydrogen) atoms. The average Bonchev–Trinajstić information content (AvgIpc) is 3.18. The topological polar surface area (TPSA) is 69.6 Å². The van der Waals surface area contributed by atoms with E-state index in [9.17, 15) is 15.0 Å². The highest BCUT2D eigenvalue weighted by Crippen LogP contribution is 2.16. The van der Waals surface area contributed by atoms with E-state index in [1.165, 1.54) is 167 Å². The molecule has 0 bridgehead atoms. The summed E-state index contributed by atoms with van der Waals surface area (Å²) in [5.74, 6) is -0.0358. The van der Waals surface area contributed by atoms with Gasteiger partial charge in [0.05, 0.1) is 18.8 Å². The van der Waals surface area contributed by atoms with E-state index in [2.05, 4.69) is 67.8 Å². The molecule has 0 aromatic carbocycles. The highest BCUT2D eigenvalue weighted by molar-refractivity contribution is 5.76. The van der Waals surface area contributed by atoms with Crippen molar-refractivity contribution in [2.45, 2.75) is 257 Å². The standard InChI is InChI=1S/C50H93NO3/c1-3-5-7-9-10-11-12-13-14-15-16-17-18-19-20-21-22-23-24-25-26-27-28-29-30-31-32-33-34-35-36-37-38-39-40-42-44-46-50(54)51-48(47-52)49(53)45-43-41-8-6-4-2/h5,7,10-11,13-14,16-17,48-49,52-53H,3-4,6,8-9,12,15,18-47H2,1-2H3,(H,51,54)/b7-5-,11-10-,14-13-,17-16-. The lowest BCUT2D eigenvalue weighted by Crippen LogP contribution is -2.45. The van der Waals surface area contributed by atoms with Crippen LogP contribution in [0.2, 0.25) is 0 Å². The van der Waals surface area contributed by atoms with Gasteiger partial charge in [-0.25, -0.2) is 0 Å². The molecule has 0 saturated heterocycles. The van der Waals surface area contributed by atoms with Gasteiger partial charge in [-0.05, 0) is 51.4 Å². The van der Waals surface area contributed by atoms with Crippen molar-refractivity contribution in [3.05, 3.63) is 48.6 Å². The molecule has 0 aliphatic rings. The van der Waals surface area contributed by atoms with E-state index in [4.69, 9.17) is 0 Å². The summed E-state index contributed by atoms with van der Waals surface area (Å²) >= 11 is 0. The number of nitrogens with one attached hydrogen (secondary N) is 1. The highest BCUT2D eigenvalue weighted by Gasteiger charge is 2.19. The Morgan fingerprint density at radius 3 is 1.22 bits per heavy atom. The average molecular weight is 756 g/mol. The molecule has 0 fully saturated rings. The van der Waals surface area contributed by atoms with Gasteiger partial charge in [-0.3, -0.25) is 4.79 Å². The zero-order chi connectivity index (χ0) is 39.3. The molecule has 0 aliphatic carbocycles. The maximum Gasteiger partial charge on any atom is 0.220 e. The van der Waals surface area contributed by atoms with Gasteiger partial charge in [-0.2, -0.15) is 0 Å². The van der Waals surface area contributed by atoms with Crippen LogP contribution in [0, 0.1) is 0 Å². The number of carbonyl (C=O) groups is 1. The van der Waals surface area contributed by atoms with Crippen molar-refractivity contribution in [3.8, 4) is 0 Å². The van der Waals surface area contributed by atoms with Crippen LogP contribution in [0.5, 0.6) is 0 Å². The Morgan fingerprint density at radius 1 is 0.463 bits per heavy atom. The van der Waals surface area contributed by atoms with Gasteiger partial charge in [0.25, 0.3) is 0 Å². The number of hydrogen-bond acceptors (Lipinski definition) is 3. The molecule has 0 aliphatic heterocycles. The molecule has 0 spiro atoms. The van der Waals surface area contributed by atoms with E-state index in [-0.39, 0.29) is 12.5 Å². The van der Waals surface area contributed by atoms with Gasteiger partial charge >= 0.3 is 0 Å². The van der Waals surface area contributed by atoms with Crippen LogP contribution in [0.4, 0.5) is 0 Å². The summed E-state index contributed by atoms with van der Waals surface area (Å²) in [6.07, 6.45) is 62.6. The van der Waals surface area contributed by atoms with Crippen LogP contribution in [0.1, 0.15) is 245 Å². The van der Waals surface area contributed by atoms with Crippen LogP contribution >= 0.6 is 0 Å². The first-order valence-electron chi connectivity index (χ1n) is 23.8. The second-order valence-electron chi connectivity index (χ2n) is 16.2. The summed E-state index contributed by atoms with van der Waals surface area (Å²) in [7, 11) is 0. The van der Waals surface area contributed by atoms with Gasteiger partial charge in [-0.1, -0.05) is 236 Å². The van der Waals surface area contributed by atoms with Gasteiger partial charge in [0.15, 0.2) is 0 Å². The number of aliphatic hydroxyl groups is 2. The van der Waals surface area contributed by atoms with Crippen LogP contribution < -0.4 is 5.32 Å². The van der Waals surface area contributed by atoms with E-state index in [0.717, 1.165) is 51.4 Å². The molecular formula is C50H93NO3. The van der Waals surface area contributed by atoms with Gasteiger partial charge in [0.1, 0.15) is 0 Å². The Labute approximate surface area is 337 Å². The molecule has 0 aromatic rings. The third-order valence-electron chi connectivity index (χ3n) is 10.9. The molecule has 0 radical (unpaired) electrons. The van der Waals surface area contributed by atoms with Crippen molar-refractivity contribution in [1.82, 2.24) is 5.32 Å². The predicted molar refractivity (Wildman–Crippen MR) is 239 cm³/mol. The van der Waals surface area contributed by atoms with E-state index < -0.39 is 12.1 Å². The fraction of sp³-hybridized carbons (Fsp3) is 0.820. The van der Waals surface area contributed by atoms with Crippen molar-refractivity contribution >= 4 is 5.91 Å². The van der Waals surface area contributed by atoms with Crippen molar-refractivity contribution in [1.29, 1.82) is 0 Å². The third-order valence-corrected chi connectivity index (χ3v) is 10.9. The minimum atomic E-state index is -0.653. The monoisotopic (exact) mass is 756 g/mol. The Balaban J connectivity index is 3.32. The minimum absolute atomic E-state index is 0.0358. The number of unbranched alkanes of at least 4 members (excludes halogenated alkanes) is 28. The molecule has 4 nitrogen and oxygen atoms in total. The fourth-order valence-electron chi connectivity index (χ4n) is 7.24. The summed E-state index contributed by atoms with van der Waals surface area (Å²) in [4.78, 5) is 12.3. The molecule has 4 heteroatoms. The van der Waals surface area contributed by atoms with Crippen LogP contribution in [0.25, 0.3) is 0 Å². The number of aliphatic hydroxyl groups excluding tert-OH is 2. The Hall–Kier alpha value is -1.65. The van der Waals surface area contributed by atoms with Crippen molar-refractivity contribution in [2.24, 2.45) is 0 Å². The molecule has 2 atom stereocenters. The summed E-state index contributed by atoms with van der Waals surface area (Å²) in [5.41, 5.74) is 0. The van der Waals surface area contributed by atoms with Crippen LogP contribution in [-0.2, 0) is 4.79 Å². The van der Waals surface area contributed by atoms with Gasteiger partial charge in [0.2, 0.25) is 5.91 Å². The minimum Gasteiger partial charge on any atom is -0.394 e. The summed E-state index contributed by atoms with van der Waals surface area (Å²) in [6, 6.07) is -0.530. The summed E-state index contributed by atoms with van der Waals surface area (Å²) < 4.78 is 0. The fourth-order valence-corrected chi connectivity index (χ4v) is 7.24. The van der Waals surface area contributed by atoms with Crippen molar-refractivity contribution < 1.29 is 15.0 Å². The van der Waals surface area contributed by atoms with E-state index in [1.54, 1.807) is 0 Å². The first-order valence-corrected chi connectivity index (χ1v) is 23.8. The Kier molecular flexibility index (Phi) is 44.3. The number of allylic oxidation sites excluding steroid dienone is 8. The van der Waals surface area contributed by atoms with Crippen LogP contribution in [-0.4, -0.2) is 34.9 Å². The van der Waals surface area contributed by atoms with E-state index >= 15 is 0 Å². The SMILES string of the molecule is CC/C=C\C/C=C\C/C=C\C/C=C\CCCCCCCCCCCCCCCCCCCCCCCCCCC(=O)NC(CO)C(O)CCCCCCC. The molecule has 0 heterocycles. The lowest BCUT2D eigenvalue weighted by atomic mass is 10.0. The summed E-state index contributed by atoms with van der Waals surface area (Å²) in [6.45, 7) is 4.17. The molecule has 316 valence electrons. The number of carbonyl (C=O) groups excluding carboxylic acids is 1. The predicted octanol–water partition coefficient (Wildman–Crippen LogP) is 15.1. The second kappa shape index (κ2) is 45.7. The normalized spacial score (nSPS) is 13.3. The molecule has 0 rings (SSSR count). The molecule has 1 amide bonds. The number of rotatable bonds is 43. The lowest BCUT2D eigenvalue weighted by molar-refractivity contribution is -0.123. The van der Waals surface area contributed by atoms with Crippen molar-refractivity contribution in [2.75, 3.05) is 6.61 Å². The van der Waals surface area contributed by atoms with Gasteiger partial charge in [0, 0.05) is 6.42 Å². The highest BCUT2D eigenvalue weighted by atomic mass is 16.3. The van der Waals surface area contributed by atoms with E-state index in [0.29, 0.717) is 12.8 Å². The molecule has 3 N–H and O–H groups in total. The summed E-state index contributed by atoms with van der Waals surface area (Å²) in [5, 5.41) is 22.8. The molecule has 0 aromatic heterocycles. The maximum atomic E-state index is 12.3. The second-order valence-corrected chi connectivity index (χ2v) is 16.2. The molecule has 0 saturated carbocycles. The number of hydrogen-bond donors (Lipinski definition) is 3.